The van der Waals surface area contributed by atoms with Crippen LogP contribution in [0, 0.1) is 13.8 Å². The van der Waals surface area contributed by atoms with Gasteiger partial charge in [-0.05, 0) is 45.7 Å². The first-order valence-electron chi connectivity index (χ1n) is 6.21. The van der Waals surface area contributed by atoms with E-state index in [4.69, 9.17) is 4.74 Å². The molecule has 100 valence electrons. The van der Waals surface area contributed by atoms with Crippen molar-refractivity contribution in [1.82, 2.24) is 5.32 Å². The molecule has 1 aromatic carbocycles. The molecule has 1 N–H and O–H groups in total. The molecule has 1 aromatic rings. The lowest BCUT2D eigenvalue weighted by Crippen LogP contribution is -2.44. The molecular formula is C15H23NO2. The number of ether oxygens (including phenoxy) is 1. The largest absolute Gasteiger partial charge is 0.369 e. The van der Waals surface area contributed by atoms with Gasteiger partial charge in [-0.25, -0.2) is 0 Å². The zero-order valence-corrected chi connectivity index (χ0v) is 12.1. The molecule has 0 heterocycles. The van der Waals surface area contributed by atoms with E-state index in [0.717, 1.165) is 5.56 Å². The Hall–Kier alpha value is -1.35. The second-order valence-corrected chi connectivity index (χ2v) is 5.27. The highest BCUT2D eigenvalue weighted by molar-refractivity contribution is 5.84. The summed E-state index contributed by atoms with van der Waals surface area (Å²) in [5, 5.41) is 2.98. The summed E-state index contributed by atoms with van der Waals surface area (Å²) in [6, 6.07) is 6.23. The summed E-state index contributed by atoms with van der Waals surface area (Å²) in [4.78, 5) is 12.0. The molecule has 1 amide bonds. The molecule has 3 nitrogen and oxygen atoms in total. The normalized spacial score (nSPS) is 13.2. The van der Waals surface area contributed by atoms with E-state index in [0.29, 0.717) is 0 Å². The molecular weight excluding hydrogens is 226 g/mol. The average molecular weight is 249 g/mol. The Kier molecular flexibility index (Phi) is 4.52. The highest BCUT2D eigenvalue weighted by Gasteiger charge is 2.28. The summed E-state index contributed by atoms with van der Waals surface area (Å²) in [5.74, 6) is -0.0996. The van der Waals surface area contributed by atoms with E-state index >= 15 is 0 Å². The highest BCUT2D eigenvalue weighted by Crippen LogP contribution is 2.20. The maximum Gasteiger partial charge on any atom is 0.252 e. The van der Waals surface area contributed by atoms with Crippen molar-refractivity contribution in [2.24, 2.45) is 0 Å². The van der Waals surface area contributed by atoms with Crippen LogP contribution in [0.5, 0.6) is 0 Å². The molecule has 18 heavy (non-hydrogen) atoms. The minimum absolute atomic E-state index is 0.0208. The van der Waals surface area contributed by atoms with Crippen molar-refractivity contribution in [3.05, 3.63) is 34.9 Å². The Morgan fingerprint density at radius 2 is 1.94 bits per heavy atom. The molecule has 0 saturated carbocycles. The predicted molar refractivity (Wildman–Crippen MR) is 73.6 cm³/mol. The molecule has 0 aliphatic carbocycles. The first kappa shape index (κ1) is 14.7. The van der Waals surface area contributed by atoms with Gasteiger partial charge in [0.25, 0.3) is 5.91 Å². The van der Waals surface area contributed by atoms with E-state index < -0.39 is 5.60 Å². The average Bonchev–Trinajstić information content (AvgIpc) is 2.28. The summed E-state index contributed by atoms with van der Waals surface area (Å²) in [6.45, 7) is 9.63. The first-order chi connectivity index (χ1) is 8.27. The van der Waals surface area contributed by atoms with E-state index in [-0.39, 0.29) is 11.9 Å². The van der Waals surface area contributed by atoms with Crippen molar-refractivity contribution in [2.45, 2.75) is 46.3 Å². The van der Waals surface area contributed by atoms with Gasteiger partial charge in [0.2, 0.25) is 0 Å². The van der Waals surface area contributed by atoms with Gasteiger partial charge in [-0.15, -0.1) is 0 Å². The first-order valence-corrected chi connectivity index (χ1v) is 6.21. The Labute approximate surface area is 110 Å². The van der Waals surface area contributed by atoms with Gasteiger partial charge in [-0.2, -0.15) is 0 Å². The summed E-state index contributed by atoms with van der Waals surface area (Å²) in [6.07, 6.45) is 0. The van der Waals surface area contributed by atoms with Gasteiger partial charge in [0.15, 0.2) is 0 Å². The molecule has 0 aliphatic rings. The number of hydrogen-bond acceptors (Lipinski definition) is 2. The highest BCUT2D eigenvalue weighted by atomic mass is 16.5. The number of rotatable bonds is 4. The van der Waals surface area contributed by atoms with Crippen LogP contribution in [0.2, 0.25) is 0 Å². The van der Waals surface area contributed by atoms with E-state index in [9.17, 15) is 4.79 Å². The lowest BCUT2D eigenvalue weighted by molar-refractivity contribution is -0.140. The van der Waals surface area contributed by atoms with Gasteiger partial charge in [-0.3, -0.25) is 4.79 Å². The molecule has 3 heteroatoms. The summed E-state index contributed by atoms with van der Waals surface area (Å²) >= 11 is 0. The van der Waals surface area contributed by atoms with Crippen LogP contribution < -0.4 is 5.32 Å². The molecule has 1 atom stereocenters. The Bertz CT molecular complexity index is 438. The summed E-state index contributed by atoms with van der Waals surface area (Å²) < 4.78 is 5.17. The third-order valence-corrected chi connectivity index (χ3v) is 3.30. The fourth-order valence-electron chi connectivity index (χ4n) is 1.85. The van der Waals surface area contributed by atoms with E-state index in [1.54, 1.807) is 21.0 Å². The quantitative estimate of drug-likeness (QED) is 0.891. The standard InChI is InChI=1S/C15H23NO2/c1-10-7-8-13(11(2)9-10)12(3)16-14(17)15(4,5)18-6/h7-9,12H,1-6H3,(H,16,17). The molecule has 0 aliphatic heterocycles. The number of nitrogens with one attached hydrogen (secondary N) is 1. The Morgan fingerprint density at radius 1 is 1.33 bits per heavy atom. The lowest BCUT2D eigenvalue weighted by atomic mass is 9.99. The molecule has 0 bridgehead atoms. The molecule has 0 saturated heterocycles. The van der Waals surface area contributed by atoms with Crippen molar-refractivity contribution in [3.8, 4) is 0 Å². The fourth-order valence-corrected chi connectivity index (χ4v) is 1.85. The van der Waals surface area contributed by atoms with Crippen LogP contribution in [0.25, 0.3) is 0 Å². The predicted octanol–water partition coefficient (Wildman–Crippen LogP) is 2.91. The number of benzene rings is 1. The number of carbonyl (C=O) groups is 1. The van der Waals surface area contributed by atoms with Crippen LogP contribution in [-0.4, -0.2) is 18.6 Å². The maximum atomic E-state index is 12.0. The van der Waals surface area contributed by atoms with Crippen molar-refractivity contribution in [2.75, 3.05) is 7.11 Å². The van der Waals surface area contributed by atoms with Gasteiger partial charge in [-0.1, -0.05) is 23.8 Å². The van der Waals surface area contributed by atoms with Gasteiger partial charge in [0.05, 0.1) is 6.04 Å². The van der Waals surface area contributed by atoms with Crippen molar-refractivity contribution >= 4 is 5.91 Å². The Balaban J connectivity index is 2.83. The maximum absolute atomic E-state index is 12.0. The lowest BCUT2D eigenvalue weighted by Gasteiger charge is -2.25. The van der Waals surface area contributed by atoms with Gasteiger partial charge >= 0.3 is 0 Å². The van der Waals surface area contributed by atoms with Crippen LogP contribution in [0.15, 0.2) is 18.2 Å². The molecule has 0 spiro atoms. The number of hydrogen-bond donors (Lipinski definition) is 1. The number of carbonyl (C=O) groups excluding carboxylic acids is 1. The smallest absolute Gasteiger partial charge is 0.252 e. The number of amides is 1. The zero-order chi connectivity index (χ0) is 13.9. The molecule has 0 aromatic heterocycles. The summed E-state index contributed by atoms with van der Waals surface area (Å²) in [5.41, 5.74) is 2.76. The molecule has 1 rings (SSSR count). The number of methoxy groups -OCH3 is 1. The summed E-state index contributed by atoms with van der Waals surface area (Å²) in [7, 11) is 1.54. The van der Waals surface area contributed by atoms with Crippen molar-refractivity contribution < 1.29 is 9.53 Å². The third-order valence-electron chi connectivity index (χ3n) is 3.30. The number of aryl methyl sites for hydroxylation is 2. The van der Waals surface area contributed by atoms with Crippen molar-refractivity contribution in [1.29, 1.82) is 0 Å². The van der Waals surface area contributed by atoms with E-state index in [2.05, 4.69) is 37.4 Å². The van der Waals surface area contributed by atoms with Crippen LogP contribution in [0.1, 0.15) is 43.5 Å². The monoisotopic (exact) mass is 249 g/mol. The molecule has 0 radical (unpaired) electrons. The van der Waals surface area contributed by atoms with Crippen molar-refractivity contribution in [3.63, 3.8) is 0 Å². The van der Waals surface area contributed by atoms with E-state index in [1.807, 2.05) is 6.92 Å². The van der Waals surface area contributed by atoms with Gasteiger partial charge < -0.3 is 10.1 Å². The van der Waals surface area contributed by atoms with E-state index in [1.165, 1.54) is 11.1 Å². The van der Waals surface area contributed by atoms with Crippen LogP contribution in [0.3, 0.4) is 0 Å². The second kappa shape index (κ2) is 5.53. The third kappa shape index (κ3) is 3.33. The zero-order valence-electron chi connectivity index (χ0n) is 12.1. The molecule has 0 fully saturated rings. The Morgan fingerprint density at radius 3 is 2.44 bits per heavy atom. The molecule has 1 unspecified atom stereocenters. The second-order valence-electron chi connectivity index (χ2n) is 5.27. The van der Waals surface area contributed by atoms with Gasteiger partial charge in [0.1, 0.15) is 5.60 Å². The SMILES string of the molecule is COC(C)(C)C(=O)NC(C)c1ccc(C)cc1C. The van der Waals surface area contributed by atoms with Crippen LogP contribution in [0.4, 0.5) is 0 Å². The minimum Gasteiger partial charge on any atom is -0.369 e. The van der Waals surface area contributed by atoms with Gasteiger partial charge in [0, 0.05) is 7.11 Å². The minimum atomic E-state index is -0.799. The topological polar surface area (TPSA) is 38.3 Å². The van der Waals surface area contributed by atoms with Crippen LogP contribution >= 0.6 is 0 Å². The van der Waals surface area contributed by atoms with Crippen LogP contribution in [-0.2, 0) is 9.53 Å². The fraction of sp³-hybridized carbons (Fsp3) is 0.533.